The topological polar surface area (TPSA) is 64.7 Å². The zero-order chi connectivity index (χ0) is 31.9. The molecule has 1 unspecified atom stereocenters. The van der Waals surface area contributed by atoms with Gasteiger partial charge in [0.15, 0.2) is 0 Å². The first-order chi connectivity index (χ1) is 21.6. The third-order valence-electron chi connectivity index (χ3n) is 8.31. The number of anilines is 2. The SMILES string of the molecule is O=C(c1ccccc1)N(CC1=CC(Cc2ccc(F)cc2)(NC(=O)C(Cl)(Cl)Cl)C1)c1ccc(NCCCN2CCCCC2)cc1. The van der Waals surface area contributed by atoms with Crippen LogP contribution in [0.25, 0.3) is 0 Å². The first-order valence-electron chi connectivity index (χ1n) is 15.4. The number of halogens is 4. The van der Waals surface area contributed by atoms with Crippen LogP contribution in [0, 0.1) is 5.82 Å². The Bertz CT molecular complexity index is 1470. The van der Waals surface area contributed by atoms with Gasteiger partial charge in [-0.05, 0) is 111 Å². The Balaban J connectivity index is 1.31. The summed E-state index contributed by atoms with van der Waals surface area (Å²) >= 11 is 17.6. The molecule has 1 aliphatic carbocycles. The lowest BCUT2D eigenvalue weighted by Crippen LogP contribution is -2.57. The van der Waals surface area contributed by atoms with Gasteiger partial charge in [-0.3, -0.25) is 9.59 Å². The molecule has 2 amide bonds. The van der Waals surface area contributed by atoms with Gasteiger partial charge in [0.1, 0.15) is 5.82 Å². The Labute approximate surface area is 279 Å². The number of nitrogens with zero attached hydrogens (tertiary/aromatic N) is 2. The number of carbonyl (C=O) groups is 2. The van der Waals surface area contributed by atoms with E-state index in [-0.39, 0.29) is 11.7 Å². The maximum absolute atomic E-state index is 13.8. The average molecular weight is 672 g/mol. The number of benzene rings is 3. The lowest BCUT2D eigenvalue weighted by atomic mass is 9.74. The molecule has 0 bridgehead atoms. The molecule has 6 nitrogen and oxygen atoms in total. The summed E-state index contributed by atoms with van der Waals surface area (Å²) in [4.78, 5) is 30.8. The highest BCUT2D eigenvalue weighted by atomic mass is 35.6. The van der Waals surface area contributed by atoms with Crippen LogP contribution < -0.4 is 15.5 Å². The Morgan fingerprint density at radius 1 is 0.911 bits per heavy atom. The predicted molar refractivity (Wildman–Crippen MR) is 182 cm³/mol. The highest BCUT2D eigenvalue weighted by Crippen LogP contribution is 2.38. The molecule has 1 fully saturated rings. The normalized spacial score (nSPS) is 18.4. The van der Waals surface area contributed by atoms with Crippen molar-refractivity contribution in [3.8, 4) is 0 Å². The van der Waals surface area contributed by atoms with Crippen molar-refractivity contribution in [3.05, 3.63) is 107 Å². The van der Waals surface area contributed by atoms with Crippen molar-refractivity contribution in [1.29, 1.82) is 0 Å². The van der Waals surface area contributed by atoms with Crippen molar-refractivity contribution < 1.29 is 14.0 Å². The minimum absolute atomic E-state index is 0.139. The van der Waals surface area contributed by atoms with E-state index in [1.165, 1.54) is 44.5 Å². The molecule has 2 aliphatic rings. The molecule has 1 heterocycles. The fraction of sp³-hybridized carbons (Fsp3) is 0.371. The van der Waals surface area contributed by atoms with Crippen LogP contribution in [0.2, 0.25) is 0 Å². The molecule has 3 aromatic carbocycles. The second kappa shape index (κ2) is 15.0. The first kappa shape index (κ1) is 33.3. The summed E-state index contributed by atoms with van der Waals surface area (Å²) in [6.07, 6.45) is 7.70. The maximum Gasteiger partial charge on any atom is 0.272 e. The van der Waals surface area contributed by atoms with Gasteiger partial charge in [0.25, 0.3) is 15.6 Å². The molecule has 1 saturated heterocycles. The van der Waals surface area contributed by atoms with Crippen LogP contribution in [-0.4, -0.2) is 58.8 Å². The summed E-state index contributed by atoms with van der Waals surface area (Å²) < 4.78 is 11.4. The molecule has 3 aromatic rings. The molecule has 0 saturated carbocycles. The van der Waals surface area contributed by atoms with E-state index < -0.39 is 15.2 Å². The molecule has 5 rings (SSSR count). The minimum atomic E-state index is -2.14. The Morgan fingerprint density at radius 2 is 1.58 bits per heavy atom. The smallest absolute Gasteiger partial charge is 0.272 e. The number of hydrogen-bond donors (Lipinski definition) is 2. The molecule has 1 aliphatic heterocycles. The van der Waals surface area contributed by atoms with Crippen LogP contribution in [0.15, 0.2) is 90.5 Å². The van der Waals surface area contributed by atoms with E-state index in [2.05, 4.69) is 15.5 Å². The third-order valence-corrected chi connectivity index (χ3v) is 8.83. The number of hydrogen-bond acceptors (Lipinski definition) is 4. The second-order valence-corrected chi connectivity index (χ2v) is 14.2. The monoisotopic (exact) mass is 670 g/mol. The summed E-state index contributed by atoms with van der Waals surface area (Å²) in [5.41, 5.74) is 3.22. The molecular formula is C35H38Cl3FN4O2. The lowest BCUT2D eigenvalue weighted by Gasteiger charge is -2.43. The van der Waals surface area contributed by atoms with Crippen LogP contribution in [0.4, 0.5) is 15.8 Å². The van der Waals surface area contributed by atoms with E-state index in [1.807, 2.05) is 48.5 Å². The van der Waals surface area contributed by atoms with Crippen molar-refractivity contribution in [1.82, 2.24) is 10.2 Å². The Morgan fingerprint density at radius 3 is 2.22 bits per heavy atom. The van der Waals surface area contributed by atoms with Crippen LogP contribution in [0.3, 0.4) is 0 Å². The lowest BCUT2D eigenvalue weighted by molar-refractivity contribution is -0.121. The van der Waals surface area contributed by atoms with Crippen molar-refractivity contribution in [2.24, 2.45) is 0 Å². The van der Waals surface area contributed by atoms with Crippen molar-refractivity contribution in [3.63, 3.8) is 0 Å². The number of carbonyl (C=O) groups excluding carboxylic acids is 2. The quantitative estimate of drug-likeness (QED) is 0.119. The molecule has 238 valence electrons. The standard InChI is InChI=1S/C35H38Cl3FN4O2/c36-35(37,38)33(45)41-34(22-26-10-12-29(39)13-11-26)23-27(24-34)25-43(32(44)28-8-3-1-4-9-28)31-16-14-30(15-17-31)40-18-7-21-42-19-5-2-6-20-42/h1,3-4,8-17,23,40H,2,5-7,18-22,24-25H2,(H,41,45). The van der Waals surface area contributed by atoms with Crippen LogP contribution in [-0.2, 0) is 11.2 Å². The molecular weight excluding hydrogens is 634 g/mol. The molecule has 0 spiro atoms. The zero-order valence-electron chi connectivity index (χ0n) is 25.1. The van der Waals surface area contributed by atoms with Crippen molar-refractivity contribution in [2.75, 3.05) is 42.9 Å². The van der Waals surface area contributed by atoms with Gasteiger partial charge < -0.3 is 20.4 Å². The highest BCUT2D eigenvalue weighted by Gasteiger charge is 2.43. The summed E-state index contributed by atoms with van der Waals surface area (Å²) in [5.74, 6) is -1.24. The zero-order valence-corrected chi connectivity index (χ0v) is 27.4. The number of likely N-dealkylation sites (tertiary alicyclic amines) is 1. The second-order valence-electron chi connectivity index (χ2n) is 11.9. The minimum Gasteiger partial charge on any atom is -0.385 e. The van der Waals surface area contributed by atoms with Gasteiger partial charge in [0.2, 0.25) is 0 Å². The summed E-state index contributed by atoms with van der Waals surface area (Å²) in [6.45, 7) is 4.69. The largest absolute Gasteiger partial charge is 0.385 e. The van der Waals surface area contributed by atoms with Gasteiger partial charge >= 0.3 is 0 Å². The van der Waals surface area contributed by atoms with E-state index in [4.69, 9.17) is 34.8 Å². The van der Waals surface area contributed by atoms with E-state index in [1.54, 1.807) is 29.2 Å². The number of nitrogens with one attached hydrogen (secondary N) is 2. The van der Waals surface area contributed by atoms with E-state index in [0.29, 0.717) is 24.9 Å². The average Bonchev–Trinajstić information content (AvgIpc) is 3.02. The number of alkyl halides is 3. The van der Waals surface area contributed by atoms with E-state index >= 15 is 0 Å². The Kier molecular flexibility index (Phi) is 11.1. The van der Waals surface area contributed by atoms with Gasteiger partial charge in [-0.25, -0.2) is 4.39 Å². The highest BCUT2D eigenvalue weighted by molar-refractivity contribution is 6.76. The maximum atomic E-state index is 13.8. The molecule has 45 heavy (non-hydrogen) atoms. The van der Waals surface area contributed by atoms with Crippen molar-refractivity contribution >= 4 is 58.0 Å². The van der Waals surface area contributed by atoms with Crippen LogP contribution >= 0.6 is 34.8 Å². The first-order valence-corrected chi connectivity index (χ1v) is 16.5. The van der Waals surface area contributed by atoms with Crippen LogP contribution in [0.5, 0.6) is 0 Å². The van der Waals surface area contributed by atoms with E-state index in [9.17, 15) is 14.0 Å². The fourth-order valence-electron chi connectivity index (χ4n) is 6.07. The molecule has 2 N–H and O–H groups in total. The van der Waals surface area contributed by atoms with Gasteiger partial charge in [-0.1, -0.05) is 77.6 Å². The number of rotatable bonds is 12. The van der Waals surface area contributed by atoms with Gasteiger partial charge in [0, 0.05) is 30.0 Å². The Hall–Kier alpha value is -3.10. The predicted octanol–water partition coefficient (Wildman–Crippen LogP) is 7.56. The van der Waals surface area contributed by atoms with Gasteiger partial charge in [-0.2, -0.15) is 0 Å². The summed E-state index contributed by atoms with van der Waals surface area (Å²) in [7, 11) is 0. The third kappa shape index (κ3) is 9.23. The summed E-state index contributed by atoms with van der Waals surface area (Å²) in [6, 6.07) is 23.1. The van der Waals surface area contributed by atoms with Crippen LogP contribution in [0.1, 0.15) is 48.0 Å². The molecule has 1 atom stereocenters. The summed E-state index contributed by atoms with van der Waals surface area (Å²) in [5, 5.41) is 6.37. The number of piperidine rings is 1. The van der Waals surface area contributed by atoms with Gasteiger partial charge in [-0.15, -0.1) is 0 Å². The van der Waals surface area contributed by atoms with E-state index in [0.717, 1.165) is 42.0 Å². The number of amides is 2. The van der Waals surface area contributed by atoms with Crippen molar-refractivity contribution in [2.45, 2.75) is 47.9 Å². The molecule has 0 radical (unpaired) electrons. The van der Waals surface area contributed by atoms with Gasteiger partial charge in [0.05, 0.1) is 5.54 Å². The molecule has 10 heteroatoms. The molecule has 0 aromatic heterocycles. The fourth-order valence-corrected chi connectivity index (χ4v) is 6.21.